The van der Waals surface area contributed by atoms with Crippen LogP contribution >= 0.6 is 11.6 Å². The van der Waals surface area contributed by atoms with Gasteiger partial charge in [0.2, 0.25) is 6.04 Å². The number of benzene rings is 2. The molecule has 0 radical (unpaired) electrons. The average Bonchev–Trinajstić information content (AvgIpc) is 2.98. The number of anilines is 1. The maximum atomic E-state index is 12.6. The van der Waals surface area contributed by atoms with E-state index in [0.717, 1.165) is 11.1 Å². The molecule has 1 amide bonds. The Morgan fingerprint density at radius 1 is 1.26 bits per heavy atom. The molecule has 1 unspecified atom stereocenters. The summed E-state index contributed by atoms with van der Waals surface area (Å²) in [7, 11) is 0. The summed E-state index contributed by atoms with van der Waals surface area (Å²) in [5.74, 6) is -2.18. The molecule has 0 bridgehead atoms. The number of halogens is 1. The lowest BCUT2D eigenvalue weighted by Gasteiger charge is -2.11. The van der Waals surface area contributed by atoms with E-state index in [9.17, 15) is 24.8 Å². The van der Waals surface area contributed by atoms with Gasteiger partial charge in [-0.2, -0.15) is 15.2 Å². The second-order valence-electron chi connectivity index (χ2n) is 5.28. The molecule has 0 spiro atoms. The molecule has 1 heterocycles. The summed E-state index contributed by atoms with van der Waals surface area (Å²) in [5.41, 5.74) is -0.772. The number of hydrazone groups is 1. The van der Waals surface area contributed by atoms with Crippen LogP contribution in [0.2, 0.25) is 5.02 Å². The van der Waals surface area contributed by atoms with E-state index < -0.39 is 34.2 Å². The van der Waals surface area contributed by atoms with Crippen molar-refractivity contribution in [2.45, 2.75) is 6.04 Å². The summed E-state index contributed by atoms with van der Waals surface area (Å²) in [6.45, 7) is 0. The van der Waals surface area contributed by atoms with E-state index in [2.05, 4.69) is 15.3 Å². The van der Waals surface area contributed by atoms with Gasteiger partial charge in [-0.3, -0.25) is 14.9 Å². The van der Waals surface area contributed by atoms with Crippen LogP contribution in [0.4, 0.5) is 17.1 Å². The number of hydrogen-bond donors (Lipinski definition) is 1. The zero-order valence-corrected chi connectivity index (χ0v) is 14.1. The zero-order valence-electron chi connectivity index (χ0n) is 13.4. The molecule has 1 N–H and O–H groups in total. The number of carbonyl (C=O) groups is 2. The number of nitro groups is 1. The van der Waals surface area contributed by atoms with Crippen molar-refractivity contribution in [3.63, 3.8) is 0 Å². The highest BCUT2D eigenvalue weighted by molar-refractivity contribution is 6.45. The smallest absolute Gasteiger partial charge is 0.355 e. The summed E-state index contributed by atoms with van der Waals surface area (Å²) in [4.78, 5) is 34.4. The summed E-state index contributed by atoms with van der Waals surface area (Å²) in [5, 5.41) is 32.6. The minimum atomic E-state index is -1.53. The number of carboxylic acid groups (broad SMARTS) is 1. The topological polar surface area (TPSA) is 138 Å². The molecule has 1 aliphatic heterocycles. The Hall–Kier alpha value is -3.66. The fourth-order valence-corrected chi connectivity index (χ4v) is 2.48. The molecule has 2 aromatic rings. The number of amides is 1. The van der Waals surface area contributed by atoms with Gasteiger partial charge in [0.15, 0.2) is 11.4 Å². The Balaban J connectivity index is 1.96. The van der Waals surface area contributed by atoms with Gasteiger partial charge in [-0.15, -0.1) is 5.11 Å². The van der Waals surface area contributed by atoms with Crippen LogP contribution in [0.1, 0.15) is 0 Å². The lowest BCUT2D eigenvalue weighted by atomic mass is 10.2. The minimum absolute atomic E-state index is 0.126. The highest BCUT2D eigenvalue weighted by Gasteiger charge is 2.41. The average molecular weight is 388 g/mol. The van der Waals surface area contributed by atoms with Crippen molar-refractivity contribution in [1.29, 1.82) is 0 Å². The molecule has 0 aliphatic carbocycles. The van der Waals surface area contributed by atoms with Crippen LogP contribution in [-0.2, 0) is 9.59 Å². The molecule has 10 nitrogen and oxygen atoms in total. The predicted octanol–water partition coefficient (Wildman–Crippen LogP) is 3.19. The van der Waals surface area contributed by atoms with Gasteiger partial charge in [-0.1, -0.05) is 29.8 Å². The molecule has 1 aliphatic rings. The first-order chi connectivity index (χ1) is 12.9. The molecule has 136 valence electrons. The van der Waals surface area contributed by atoms with E-state index in [1.807, 2.05) is 0 Å². The second kappa shape index (κ2) is 7.30. The number of para-hydroxylation sites is 1. The third-order valence-corrected chi connectivity index (χ3v) is 3.78. The van der Waals surface area contributed by atoms with E-state index in [1.54, 1.807) is 30.3 Å². The fraction of sp³-hybridized carbons (Fsp3) is 0.0625. The second-order valence-corrected chi connectivity index (χ2v) is 5.72. The number of aliphatic carboxylic acids is 1. The van der Waals surface area contributed by atoms with Gasteiger partial charge in [-0.25, -0.2) is 4.79 Å². The lowest BCUT2D eigenvalue weighted by Crippen LogP contribution is -2.32. The third-order valence-electron chi connectivity index (χ3n) is 3.54. The van der Waals surface area contributed by atoms with Gasteiger partial charge in [0, 0.05) is 11.1 Å². The first-order valence-electron chi connectivity index (χ1n) is 7.44. The minimum Gasteiger partial charge on any atom is -0.477 e. The van der Waals surface area contributed by atoms with Crippen LogP contribution in [0.25, 0.3) is 0 Å². The molecular weight excluding hydrogens is 378 g/mol. The van der Waals surface area contributed by atoms with Crippen LogP contribution in [-0.4, -0.2) is 33.7 Å². The van der Waals surface area contributed by atoms with E-state index in [1.165, 1.54) is 12.1 Å². The monoisotopic (exact) mass is 387 g/mol. The zero-order chi connectivity index (χ0) is 19.6. The molecule has 27 heavy (non-hydrogen) atoms. The highest BCUT2D eigenvalue weighted by Crippen LogP contribution is 2.31. The van der Waals surface area contributed by atoms with Crippen LogP contribution in [0.3, 0.4) is 0 Å². The van der Waals surface area contributed by atoms with Crippen LogP contribution in [0, 0.1) is 10.1 Å². The summed E-state index contributed by atoms with van der Waals surface area (Å²) >= 11 is 5.73. The van der Waals surface area contributed by atoms with Gasteiger partial charge in [0.1, 0.15) is 0 Å². The van der Waals surface area contributed by atoms with Crippen LogP contribution in [0.15, 0.2) is 63.9 Å². The Morgan fingerprint density at radius 3 is 2.59 bits per heavy atom. The molecule has 3 rings (SSSR count). The largest absolute Gasteiger partial charge is 0.477 e. The highest BCUT2D eigenvalue weighted by atomic mass is 35.5. The van der Waals surface area contributed by atoms with Gasteiger partial charge in [0.05, 0.1) is 10.6 Å². The van der Waals surface area contributed by atoms with Gasteiger partial charge in [0.25, 0.3) is 11.6 Å². The number of hydrogen-bond acceptors (Lipinski definition) is 7. The Morgan fingerprint density at radius 2 is 1.96 bits per heavy atom. The maximum Gasteiger partial charge on any atom is 0.355 e. The van der Waals surface area contributed by atoms with Crippen molar-refractivity contribution < 1.29 is 19.6 Å². The third kappa shape index (κ3) is 3.65. The molecule has 2 aromatic carbocycles. The summed E-state index contributed by atoms with van der Waals surface area (Å²) in [6, 6.07) is 10.3. The SMILES string of the molecule is O=C(O)C1=NN(c2ccccc2)C(=O)C1N=Nc1ccc(Cl)cc1[N+](=O)[O-]. The Labute approximate surface area is 156 Å². The number of azo groups is 1. The van der Waals surface area contributed by atoms with Crippen molar-refractivity contribution in [2.75, 3.05) is 5.01 Å². The Bertz CT molecular complexity index is 992. The predicted molar refractivity (Wildman–Crippen MR) is 95.4 cm³/mol. The molecule has 0 aromatic heterocycles. The van der Waals surface area contributed by atoms with Gasteiger partial charge >= 0.3 is 5.97 Å². The summed E-state index contributed by atoms with van der Waals surface area (Å²) < 4.78 is 0. The van der Waals surface area contributed by atoms with Gasteiger partial charge < -0.3 is 5.11 Å². The number of rotatable bonds is 5. The van der Waals surface area contributed by atoms with E-state index in [4.69, 9.17) is 11.6 Å². The first-order valence-corrected chi connectivity index (χ1v) is 7.82. The van der Waals surface area contributed by atoms with Crippen molar-refractivity contribution >= 4 is 46.3 Å². The van der Waals surface area contributed by atoms with Crippen LogP contribution in [0.5, 0.6) is 0 Å². The van der Waals surface area contributed by atoms with Crippen molar-refractivity contribution in [3.05, 3.63) is 63.7 Å². The molecular formula is C16H10ClN5O5. The number of nitrogens with zero attached hydrogens (tertiary/aromatic N) is 5. The molecule has 0 saturated heterocycles. The van der Waals surface area contributed by atoms with Crippen LogP contribution < -0.4 is 5.01 Å². The first kappa shape index (κ1) is 18.1. The normalized spacial score (nSPS) is 16.6. The van der Waals surface area contributed by atoms with Crippen molar-refractivity contribution in [3.8, 4) is 0 Å². The number of carbonyl (C=O) groups excluding carboxylic acids is 1. The Kier molecular flexibility index (Phi) is 4.90. The number of carboxylic acids is 1. The maximum absolute atomic E-state index is 12.6. The fourth-order valence-electron chi connectivity index (χ4n) is 2.31. The molecule has 0 fully saturated rings. The molecule has 0 saturated carbocycles. The lowest BCUT2D eigenvalue weighted by molar-refractivity contribution is -0.384. The quantitative estimate of drug-likeness (QED) is 0.477. The van der Waals surface area contributed by atoms with Crippen molar-refractivity contribution in [1.82, 2.24) is 0 Å². The van der Waals surface area contributed by atoms with Crippen molar-refractivity contribution in [2.24, 2.45) is 15.3 Å². The van der Waals surface area contributed by atoms with Gasteiger partial charge in [-0.05, 0) is 24.3 Å². The van der Waals surface area contributed by atoms with E-state index in [0.29, 0.717) is 5.69 Å². The molecule has 11 heteroatoms. The summed E-state index contributed by atoms with van der Waals surface area (Å²) in [6.07, 6.45) is 0. The van der Waals surface area contributed by atoms with E-state index in [-0.39, 0.29) is 10.7 Å². The standard InChI is InChI=1S/C16H10ClN5O5/c17-9-6-7-11(12(8-9)22(26)27)18-19-13-14(16(24)25)20-21(15(13)23)10-4-2-1-3-5-10/h1-8,13H,(H,24,25). The van der Waals surface area contributed by atoms with E-state index >= 15 is 0 Å². The number of nitro benzene ring substituents is 1. The molecule has 1 atom stereocenters.